The summed E-state index contributed by atoms with van der Waals surface area (Å²) in [7, 11) is 0. The molecule has 1 fully saturated rings. The van der Waals surface area contributed by atoms with Crippen LogP contribution in [0.15, 0.2) is 36.4 Å². The van der Waals surface area contributed by atoms with Gasteiger partial charge in [-0.15, -0.1) is 0 Å². The van der Waals surface area contributed by atoms with Crippen molar-refractivity contribution in [2.24, 2.45) is 11.8 Å². The molecule has 20 heavy (non-hydrogen) atoms. The number of nitrogens with zero attached hydrogens (tertiary/aromatic N) is 1. The third-order valence-electron chi connectivity index (χ3n) is 4.06. The number of hydrogen-bond acceptors (Lipinski definition) is 3. The molecular weight excluding hydrogens is 252 g/mol. The summed E-state index contributed by atoms with van der Waals surface area (Å²) < 4.78 is 0. The molecule has 0 aromatic heterocycles. The van der Waals surface area contributed by atoms with E-state index in [0.717, 1.165) is 11.3 Å². The van der Waals surface area contributed by atoms with Crippen molar-refractivity contribution in [1.82, 2.24) is 4.90 Å². The van der Waals surface area contributed by atoms with Crippen LogP contribution in [0.25, 0.3) is 0 Å². The molecule has 0 bridgehead atoms. The Bertz CT molecular complexity index is 554. The van der Waals surface area contributed by atoms with Gasteiger partial charge in [0, 0.05) is 5.69 Å². The SMILES string of the molecule is Cc1cccc(NCN2C(=O)[C@H]3CC=CC[C@@H]3C2=O)c1. The average Bonchev–Trinajstić information content (AvgIpc) is 2.70. The van der Waals surface area contributed by atoms with E-state index >= 15 is 0 Å². The first kappa shape index (κ1) is 12.9. The Labute approximate surface area is 118 Å². The summed E-state index contributed by atoms with van der Waals surface area (Å²) in [5.74, 6) is -0.368. The molecule has 0 saturated carbocycles. The highest BCUT2D eigenvalue weighted by molar-refractivity contribution is 6.05. The van der Waals surface area contributed by atoms with Crippen LogP contribution < -0.4 is 5.32 Å². The normalized spacial score (nSPS) is 24.9. The van der Waals surface area contributed by atoms with Crippen LogP contribution in [-0.4, -0.2) is 23.4 Å². The molecule has 4 heteroatoms. The number of carbonyl (C=O) groups excluding carboxylic acids is 2. The largest absolute Gasteiger partial charge is 0.367 e. The van der Waals surface area contributed by atoms with E-state index in [9.17, 15) is 9.59 Å². The lowest BCUT2D eigenvalue weighted by Crippen LogP contribution is -2.35. The number of allylic oxidation sites excluding steroid dienone is 2. The zero-order valence-corrected chi connectivity index (χ0v) is 11.5. The topological polar surface area (TPSA) is 49.4 Å². The molecule has 0 spiro atoms. The number of rotatable bonds is 3. The summed E-state index contributed by atoms with van der Waals surface area (Å²) in [4.78, 5) is 25.9. The van der Waals surface area contributed by atoms with Crippen molar-refractivity contribution < 1.29 is 9.59 Å². The van der Waals surface area contributed by atoms with Crippen molar-refractivity contribution in [3.05, 3.63) is 42.0 Å². The molecular formula is C16H18N2O2. The van der Waals surface area contributed by atoms with Crippen molar-refractivity contribution in [1.29, 1.82) is 0 Å². The molecule has 2 atom stereocenters. The number of likely N-dealkylation sites (tertiary alicyclic amines) is 1. The number of amides is 2. The fourth-order valence-electron chi connectivity index (χ4n) is 2.95. The van der Waals surface area contributed by atoms with E-state index in [1.807, 2.05) is 43.3 Å². The summed E-state index contributed by atoms with van der Waals surface area (Å²) in [6.07, 6.45) is 5.39. The van der Waals surface area contributed by atoms with Crippen molar-refractivity contribution in [2.75, 3.05) is 12.0 Å². The van der Waals surface area contributed by atoms with Crippen LogP contribution in [0.1, 0.15) is 18.4 Å². The number of hydrogen-bond donors (Lipinski definition) is 1. The van der Waals surface area contributed by atoms with Crippen LogP contribution >= 0.6 is 0 Å². The van der Waals surface area contributed by atoms with Gasteiger partial charge in [0.1, 0.15) is 0 Å². The highest BCUT2D eigenvalue weighted by atomic mass is 16.2. The van der Waals surface area contributed by atoms with E-state index in [2.05, 4.69) is 5.32 Å². The minimum Gasteiger partial charge on any atom is -0.367 e. The van der Waals surface area contributed by atoms with Crippen LogP contribution in [0.3, 0.4) is 0 Å². The Morgan fingerprint density at radius 2 is 1.80 bits per heavy atom. The summed E-state index contributed by atoms with van der Waals surface area (Å²) in [5, 5.41) is 3.16. The Balaban J connectivity index is 1.69. The van der Waals surface area contributed by atoms with Gasteiger partial charge < -0.3 is 5.32 Å². The Kier molecular flexibility index (Phi) is 3.30. The zero-order valence-electron chi connectivity index (χ0n) is 11.5. The Hall–Kier alpha value is -2.10. The summed E-state index contributed by atoms with van der Waals surface area (Å²) in [5.41, 5.74) is 2.07. The number of benzene rings is 1. The summed E-state index contributed by atoms with van der Waals surface area (Å²) in [6.45, 7) is 2.27. The van der Waals surface area contributed by atoms with Gasteiger partial charge in [0.15, 0.2) is 0 Å². The number of carbonyl (C=O) groups is 2. The number of nitrogens with one attached hydrogen (secondary N) is 1. The molecule has 1 N–H and O–H groups in total. The third-order valence-corrected chi connectivity index (χ3v) is 4.06. The van der Waals surface area contributed by atoms with E-state index in [0.29, 0.717) is 12.8 Å². The second-order valence-corrected chi connectivity index (χ2v) is 5.46. The Morgan fingerprint density at radius 3 is 2.40 bits per heavy atom. The quantitative estimate of drug-likeness (QED) is 0.677. The molecule has 1 aliphatic heterocycles. The zero-order chi connectivity index (χ0) is 14.1. The van der Waals surface area contributed by atoms with E-state index in [1.54, 1.807) is 0 Å². The standard InChI is InChI=1S/C16H18N2O2/c1-11-5-4-6-12(9-11)17-10-18-15(19)13-7-2-3-8-14(13)16(18)20/h2-6,9,13-14,17H,7-8,10H2,1H3/t13-,14-/m0/s1. The molecule has 2 amide bonds. The number of imide groups is 1. The molecule has 1 aromatic rings. The maximum Gasteiger partial charge on any atom is 0.234 e. The lowest BCUT2D eigenvalue weighted by atomic mass is 9.85. The summed E-state index contributed by atoms with van der Waals surface area (Å²) in [6, 6.07) is 7.90. The van der Waals surface area contributed by atoms with Gasteiger partial charge in [-0.05, 0) is 37.5 Å². The second kappa shape index (κ2) is 5.12. The molecule has 0 radical (unpaired) electrons. The van der Waals surface area contributed by atoms with Gasteiger partial charge in [-0.1, -0.05) is 24.3 Å². The lowest BCUT2D eigenvalue weighted by molar-refractivity contribution is -0.139. The monoisotopic (exact) mass is 270 g/mol. The van der Waals surface area contributed by atoms with Gasteiger partial charge in [0.2, 0.25) is 11.8 Å². The molecule has 3 rings (SSSR count). The van der Waals surface area contributed by atoms with Gasteiger partial charge >= 0.3 is 0 Å². The first-order valence-electron chi connectivity index (χ1n) is 6.97. The average molecular weight is 270 g/mol. The molecule has 1 heterocycles. The summed E-state index contributed by atoms with van der Waals surface area (Å²) >= 11 is 0. The van der Waals surface area contributed by atoms with Crippen LogP contribution in [0, 0.1) is 18.8 Å². The van der Waals surface area contributed by atoms with Crippen molar-refractivity contribution >= 4 is 17.5 Å². The van der Waals surface area contributed by atoms with Gasteiger partial charge in [0.25, 0.3) is 0 Å². The minimum atomic E-state index is -0.146. The van der Waals surface area contributed by atoms with Crippen molar-refractivity contribution in [2.45, 2.75) is 19.8 Å². The van der Waals surface area contributed by atoms with Crippen molar-refractivity contribution in [3.8, 4) is 0 Å². The maximum absolute atomic E-state index is 12.3. The fourth-order valence-corrected chi connectivity index (χ4v) is 2.95. The van der Waals surface area contributed by atoms with Gasteiger partial charge in [-0.2, -0.15) is 0 Å². The molecule has 1 aliphatic carbocycles. The highest BCUT2D eigenvalue weighted by Crippen LogP contribution is 2.34. The maximum atomic E-state index is 12.3. The fraction of sp³-hybridized carbons (Fsp3) is 0.375. The minimum absolute atomic E-state index is 0.0375. The van der Waals surface area contributed by atoms with E-state index in [4.69, 9.17) is 0 Å². The van der Waals surface area contributed by atoms with Gasteiger partial charge in [-0.3, -0.25) is 14.5 Å². The number of anilines is 1. The third kappa shape index (κ3) is 2.22. The van der Waals surface area contributed by atoms with Crippen molar-refractivity contribution in [3.63, 3.8) is 0 Å². The second-order valence-electron chi connectivity index (χ2n) is 5.46. The number of aryl methyl sites for hydroxylation is 1. The van der Waals surface area contributed by atoms with E-state index in [1.165, 1.54) is 4.90 Å². The molecule has 2 aliphatic rings. The van der Waals surface area contributed by atoms with E-state index < -0.39 is 0 Å². The first-order valence-corrected chi connectivity index (χ1v) is 6.97. The van der Waals surface area contributed by atoms with Gasteiger partial charge in [0.05, 0.1) is 18.5 Å². The van der Waals surface area contributed by atoms with E-state index in [-0.39, 0.29) is 30.3 Å². The smallest absolute Gasteiger partial charge is 0.234 e. The van der Waals surface area contributed by atoms with Crippen LogP contribution in [0.2, 0.25) is 0 Å². The lowest BCUT2D eigenvalue weighted by Gasteiger charge is -2.16. The van der Waals surface area contributed by atoms with Gasteiger partial charge in [-0.25, -0.2) is 0 Å². The predicted octanol–water partition coefficient (Wildman–Crippen LogP) is 2.32. The number of fused-ring (bicyclic) bond motifs is 1. The predicted molar refractivity (Wildman–Crippen MR) is 76.9 cm³/mol. The van der Waals surface area contributed by atoms with Crippen LogP contribution in [-0.2, 0) is 9.59 Å². The first-order chi connectivity index (χ1) is 9.66. The molecule has 1 saturated heterocycles. The van der Waals surface area contributed by atoms with Crippen LogP contribution in [0.5, 0.6) is 0 Å². The molecule has 4 nitrogen and oxygen atoms in total. The molecule has 104 valence electrons. The van der Waals surface area contributed by atoms with Crippen LogP contribution in [0.4, 0.5) is 5.69 Å². The molecule has 0 unspecified atom stereocenters. The molecule has 1 aromatic carbocycles. The Morgan fingerprint density at radius 1 is 1.15 bits per heavy atom. The highest BCUT2D eigenvalue weighted by Gasteiger charge is 2.46.